The first kappa shape index (κ1) is 19.4. The molecule has 4 heterocycles. The van der Waals surface area contributed by atoms with Gasteiger partial charge in [0.05, 0.1) is 27.8 Å². The molecule has 3 aromatic heterocycles. The Morgan fingerprint density at radius 2 is 1.51 bits per heavy atom. The van der Waals surface area contributed by atoms with Crippen LogP contribution in [0.4, 0.5) is 0 Å². The van der Waals surface area contributed by atoms with Crippen molar-refractivity contribution >= 4 is 80.1 Å². The summed E-state index contributed by atoms with van der Waals surface area (Å²) in [5.74, 6) is 0. The Hall–Kier alpha value is -3.90. The summed E-state index contributed by atoms with van der Waals surface area (Å²) in [5, 5.41) is 4.87. The monoisotopic (exact) mass is 559 g/mol. The van der Waals surface area contributed by atoms with Gasteiger partial charge in [-0.25, -0.2) is 9.97 Å². The van der Waals surface area contributed by atoms with Gasteiger partial charge in [-0.1, -0.05) is 99.6 Å². The second kappa shape index (κ2) is 7.30. The van der Waals surface area contributed by atoms with Crippen LogP contribution in [0.3, 0.4) is 0 Å². The largest absolute Gasteiger partial charge is 0.292 e. The normalized spacial score (nSPS) is 13.1. The van der Waals surface area contributed by atoms with Crippen LogP contribution in [0.25, 0.3) is 66.6 Å². The number of allylic oxidation sites excluding steroid dienone is 1. The van der Waals surface area contributed by atoms with Gasteiger partial charge >= 0.3 is 0 Å². The Labute approximate surface area is 211 Å². The molecular weight excluding hydrogens is 541 g/mol. The molecule has 3 nitrogen and oxygen atoms in total. The number of halogens is 1. The lowest BCUT2D eigenvalue weighted by Gasteiger charge is -2.10. The summed E-state index contributed by atoms with van der Waals surface area (Å²) in [6.45, 7) is 0. The van der Waals surface area contributed by atoms with Gasteiger partial charge in [0.15, 0.2) is 0 Å². The zero-order chi connectivity index (χ0) is 22.9. The summed E-state index contributed by atoms with van der Waals surface area (Å²) in [7, 11) is 0. The van der Waals surface area contributed by atoms with Gasteiger partial charge in [-0.05, 0) is 39.2 Å². The number of pyridine rings is 2. The lowest BCUT2D eigenvalue weighted by Crippen LogP contribution is -1.93. The van der Waals surface area contributed by atoms with Crippen LogP contribution in [0.2, 0.25) is 0 Å². The van der Waals surface area contributed by atoms with Gasteiger partial charge in [-0.2, -0.15) is 0 Å². The lowest BCUT2D eigenvalue weighted by molar-refractivity contribution is 1.31. The van der Waals surface area contributed by atoms with Gasteiger partial charge in [0.25, 0.3) is 0 Å². The molecular formula is C31H18IN3. The van der Waals surface area contributed by atoms with Crippen molar-refractivity contribution in [2.45, 2.75) is 0 Å². The molecule has 0 atom stereocenters. The number of fused-ring (bicyclic) bond motifs is 11. The molecule has 0 saturated heterocycles. The minimum Gasteiger partial charge on any atom is -0.292 e. The van der Waals surface area contributed by atoms with Crippen molar-refractivity contribution in [3.63, 3.8) is 0 Å². The Morgan fingerprint density at radius 3 is 2.46 bits per heavy atom. The van der Waals surface area contributed by atoms with Gasteiger partial charge in [0.2, 0.25) is 0 Å². The molecule has 7 aromatic rings. The highest BCUT2D eigenvalue weighted by Gasteiger charge is 2.15. The van der Waals surface area contributed by atoms with Gasteiger partial charge < -0.3 is 0 Å². The molecule has 35 heavy (non-hydrogen) atoms. The van der Waals surface area contributed by atoms with Crippen LogP contribution in [0.5, 0.6) is 0 Å². The van der Waals surface area contributed by atoms with E-state index in [9.17, 15) is 0 Å². The summed E-state index contributed by atoms with van der Waals surface area (Å²) < 4.78 is 6.03. The Kier molecular flexibility index (Phi) is 4.05. The molecule has 4 heteroatoms. The standard InChI is InChI=1S/C31H18IN3/c1-2-9-24-22(7-1)23-8-3-4-10-27(23)35-28-16-14-21(18-26(28)34-31(24)35)25-15-13-20-12-11-19-6-5-17-32-29(19)30(20)33-25/h1-18H. The average molecular weight is 559 g/mol. The van der Waals surface area contributed by atoms with Crippen molar-refractivity contribution in [1.29, 1.82) is 0 Å². The fourth-order valence-electron chi connectivity index (χ4n) is 5.29. The third-order valence-electron chi connectivity index (χ3n) is 6.90. The summed E-state index contributed by atoms with van der Waals surface area (Å²) in [6, 6.07) is 32.5. The third-order valence-corrected chi connectivity index (χ3v) is 9.44. The molecule has 0 N–H and O–H groups in total. The number of rotatable bonds is 1. The fraction of sp³-hybridized carbons (Fsp3) is 0. The SMILES string of the molecule is C1=Cc2ccc3ccc(-c4ccc5c(c4)nc4c6ccccc6c6ccccc6n54)nc3c2I=C1. The first-order chi connectivity index (χ1) is 17.3. The Balaban J connectivity index is 1.40. The molecule has 1 aliphatic heterocycles. The van der Waals surface area contributed by atoms with Crippen molar-refractivity contribution in [2.24, 2.45) is 0 Å². The van der Waals surface area contributed by atoms with Crippen LogP contribution in [0.15, 0.2) is 97.1 Å². The van der Waals surface area contributed by atoms with Gasteiger partial charge in [-0.15, -0.1) is 0 Å². The van der Waals surface area contributed by atoms with Gasteiger partial charge in [-0.3, -0.25) is 4.40 Å². The summed E-state index contributed by atoms with van der Waals surface area (Å²) in [5.41, 5.74) is 8.84. The highest BCUT2D eigenvalue weighted by molar-refractivity contribution is 14.2. The summed E-state index contributed by atoms with van der Waals surface area (Å²) >= 11 is -0.158. The molecule has 0 amide bonds. The minimum absolute atomic E-state index is 0.158. The second-order valence-corrected chi connectivity index (χ2v) is 11.3. The summed E-state index contributed by atoms with van der Waals surface area (Å²) in [4.78, 5) is 10.3. The number of aromatic nitrogens is 3. The Bertz CT molecular complexity index is 2060. The maximum absolute atomic E-state index is 5.16. The topological polar surface area (TPSA) is 30.2 Å². The average Bonchev–Trinajstić information content (AvgIpc) is 3.32. The molecule has 0 spiro atoms. The molecule has 0 bridgehead atoms. The summed E-state index contributed by atoms with van der Waals surface area (Å²) in [6.07, 6.45) is 4.37. The molecule has 0 saturated carbocycles. The smallest absolute Gasteiger partial charge is 0.146 e. The van der Waals surface area contributed by atoms with E-state index in [2.05, 4.69) is 112 Å². The molecule has 0 aliphatic carbocycles. The number of imidazole rings is 1. The van der Waals surface area contributed by atoms with Crippen LogP contribution >= 0.6 is 20.7 Å². The van der Waals surface area contributed by atoms with E-state index in [4.69, 9.17) is 9.97 Å². The predicted molar refractivity (Wildman–Crippen MR) is 156 cm³/mol. The van der Waals surface area contributed by atoms with E-state index in [1.807, 2.05) is 0 Å². The van der Waals surface area contributed by atoms with Crippen LogP contribution in [-0.4, -0.2) is 18.4 Å². The molecule has 164 valence electrons. The molecule has 8 rings (SSSR count). The molecule has 4 aromatic carbocycles. The highest BCUT2D eigenvalue weighted by atomic mass is 127. The Morgan fingerprint density at radius 1 is 0.686 bits per heavy atom. The van der Waals surface area contributed by atoms with E-state index >= 15 is 0 Å². The van der Waals surface area contributed by atoms with E-state index in [1.165, 1.54) is 36.2 Å². The van der Waals surface area contributed by atoms with E-state index < -0.39 is 0 Å². The lowest BCUT2D eigenvalue weighted by atomic mass is 10.1. The number of hydrogen-bond acceptors (Lipinski definition) is 2. The predicted octanol–water partition coefficient (Wildman–Crippen LogP) is 7.98. The van der Waals surface area contributed by atoms with Crippen LogP contribution < -0.4 is 0 Å². The van der Waals surface area contributed by atoms with E-state index in [1.54, 1.807) is 0 Å². The van der Waals surface area contributed by atoms with Gasteiger partial charge in [0.1, 0.15) is 5.65 Å². The quantitative estimate of drug-likeness (QED) is 0.151. The fourth-order valence-corrected chi connectivity index (χ4v) is 7.51. The van der Waals surface area contributed by atoms with Crippen molar-refractivity contribution in [3.8, 4) is 11.3 Å². The second-order valence-electron chi connectivity index (χ2n) is 8.87. The number of para-hydroxylation sites is 1. The molecule has 0 unspecified atom stereocenters. The van der Waals surface area contributed by atoms with Crippen molar-refractivity contribution in [3.05, 3.63) is 106 Å². The van der Waals surface area contributed by atoms with Crippen molar-refractivity contribution < 1.29 is 0 Å². The van der Waals surface area contributed by atoms with Crippen molar-refractivity contribution in [1.82, 2.24) is 14.4 Å². The van der Waals surface area contributed by atoms with E-state index in [-0.39, 0.29) is 20.7 Å². The zero-order valence-electron chi connectivity index (χ0n) is 18.6. The third kappa shape index (κ3) is 2.80. The zero-order valence-corrected chi connectivity index (χ0v) is 20.8. The van der Waals surface area contributed by atoms with E-state index in [0.717, 1.165) is 33.5 Å². The first-order valence-electron chi connectivity index (χ1n) is 11.6. The molecule has 0 radical (unpaired) electrons. The van der Waals surface area contributed by atoms with Crippen LogP contribution in [0, 0.1) is 3.57 Å². The van der Waals surface area contributed by atoms with Crippen molar-refractivity contribution in [2.75, 3.05) is 0 Å². The highest BCUT2D eigenvalue weighted by Crippen LogP contribution is 2.34. The van der Waals surface area contributed by atoms with E-state index in [0.29, 0.717) is 0 Å². The maximum atomic E-state index is 5.16. The van der Waals surface area contributed by atoms with Gasteiger partial charge in [0, 0.05) is 25.3 Å². The maximum Gasteiger partial charge on any atom is 0.146 e. The first-order valence-corrected chi connectivity index (χ1v) is 14.0. The van der Waals surface area contributed by atoms with Crippen LogP contribution in [-0.2, 0) is 0 Å². The number of nitrogens with zero attached hydrogens (tertiary/aromatic N) is 3. The number of benzene rings is 4. The number of hydrogen-bond donors (Lipinski definition) is 0. The molecule has 0 fully saturated rings. The molecule has 1 aliphatic rings. The van der Waals surface area contributed by atoms with Crippen LogP contribution in [0.1, 0.15) is 5.56 Å². The minimum atomic E-state index is -0.158.